The highest BCUT2D eigenvalue weighted by Gasteiger charge is 2.29. The summed E-state index contributed by atoms with van der Waals surface area (Å²) in [6, 6.07) is 13.3. The van der Waals surface area contributed by atoms with E-state index in [1.165, 1.54) is 17.8 Å². The van der Waals surface area contributed by atoms with Crippen molar-refractivity contribution in [3.05, 3.63) is 70.5 Å². The number of nitrogens with one attached hydrogen (secondary N) is 1. The Labute approximate surface area is 193 Å². The van der Waals surface area contributed by atoms with Gasteiger partial charge in [0.1, 0.15) is 11.9 Å². The molecule has 0 saturated heterocycles. The zero-order valence-electron chi connectivity index (χ0n) is 18.2. The largest absolute Gasteiger partial charge is 0.352 e. The highest BCUT2D eigenvalue weighted by atomic mass is 35.5. The summed E-state index contributed by atoms with van der Waals surface area (Å²) >= 11 is 7.66. The number of thioether (sulfide) groups is 1. The minimum Gasteiger partial charge on any atom is -0.352 e. The van der Waals surface area contributed by atoms with Crippen molar-refractivity contribution >= 4 is 35.2 Å². The van der Waals surface area contributed by atoms with E-state index in [-0.39, 0.29) is 36.0 Å². The summed E-state index contributed by atoms with van der Waals surface area (Å²) < 4.78 is 13.9. The minimum absolute atomic E-state index is 0.0225. The van der Waals surface area contributed by atoms with Crippen molar-refractivity contribution in [3.8, 4) is 0 Å². The molecule has 0 fully saturated rings. The third-order valence-electron chi connectivity index (χ3n) is 5.13. The first kappa shape index (κ1) is 25.2. The fraction of sp³-hybridized carbons (Fsp3) is 0.417. The van der Waals surface area contributed by atoms with E-state index in [0.717, 1.165) is 12.0 Å². The van der Waals surface area contributed by atoms with Gasteiger partial charge in [0.2, 0.25) is 11.8 Å². The smallest absolute Gasteiger partial charge is 0.243 e. The van der Waals surface area contributed by atoms with Crippen LogP contribution in [-0.2, 0) is 21.9 Å². The lowest BCUT2D eigenvalue weighted by Crippen LogP contribution is -2.51. The molecule has 0 spiro atoms. The topological polar surface area (TPSA) is 49.4 Å². The molecule has 0 heterocycles. The van der Waals surface area contributed by atoms with Crippen LogP contribution >= 0.6 is 23.4 Å². The number of nitrogens with zero attached hydrogens (tertiary/aromatic N) is 1. The first-order valence-corrected chi connectivity index (χ1v) is 12.0. The number of carbonyl (C=O) groups is 2. The molecule has 2 rings (SSSR count). The molecular formula is C24H30ClFN2O2S. The first-order chi connectivity index (χ1) is 14.9. The molecule has 31 heavy (non-hydrogen) atoms. The zero-order chi connectivity index (χ0) is 22.8. The predicted molar refractivity (Wildman–Crippen MR) is 127 cm³/mol. The molecule has 1 N–H and O–H groups in total. The summed E-state index contributed by atoms with van der Waals surface area (Å²) in [5.41, 5.74) is 1.34. The Morgan fingerprint density at radius 1 is 1.06 bits per heavy atom. The van der Waals surface area contributed by atoms with Crippen LogP contribution in [0.1, 0.15) is 44.7 Å². The maximum absolute atomic E-state index is 13.9. The van der Waals surface area contributed by atoms with Crippen molar-refractivity contribution in [2.75, 3.05) is 5.75 Å². The van der Waals surface area contributed by atoms with Gasteiger partial charge in [-0.2, -0.15) is 0 Å². The van der Waals surface area contributed by atoms with Crippen LogP contribution in [0.5, 0.6) is 0 Å². The molecule has 0 radical (unpaired) electrons. The second kappa shape index (κ2) is 12.7. The number of benzene rings is 2. The van der Waals surface area contributed by atoms with E-state index < -0.39 is 6.04 Å². The summed E-state index contributed by atoms with van der Waals surface area (Å²) in [7, 11) is 0. The molecule has 4 nitrogen and oxygen atoms in total. The fourth-order valence-electron chi connectivity index (χ4n) is 3.12. The van der Waals surface area contributed by atoms with Crippen LogP contribution in [0.25, 0.3) is 0 Å². The number of rotatable bonds is 11. The van der Waals surface area contributed by atoms with Crippen LogP contribution in [0.3, 0.4) is 0 Å². The Morgan fingerprint density at radius 2 is 1.71 bits per heavy atom. The number of halogens is 2. The molecule has 2 aromatic rings. The van der Waals surface area contributed by atoms with Gasteiger partial charge < -0.3 is 10.2 Å². The number of amides is 2. The van der Waals surface area contributed by atoms with Crippen molar-refractivity contribution < 1.29 is 14.0 Å². The van der Waals surface area contributed by atoms with Crippen LogP contribution < -0.4 is 5.32 Å². The van der Waals surface area contributed by atoms with Crippen molar-refractivity contribution in [3.63, 3.8) is 0 Å². The number of carbonyl (C=O) groups excluding carboxylic acids is 2. The van der Waals surface area contributed by atoms with Crippen molar-refractivity contribution in [2.45, 2.75) is 58.0 Å². The molecule has 2 unspecified atom stereocenters. The van der Waals surface area contributed by atoms with E-state index in [4.69, 9.17) is 11.6 Å². The lowest BCUT2D eigenvalue weighted by Gasteiger charge is -2.31. The van der Waals surface area contributed by atoms with Gasteiger partial charge in [-0.3, -0.25) is 9.59 Å². The molecule has 7 heteroatoms. The molecule has 2 atom stereocenters. The maximum Gasteiger partial charge on any atom is 0.243 e. The van der Waals surface area contributed by atoms with Gasteiger partial charge >= 0.3 is 0 Å². The fourth-order valence-corrected chi connectivity index (χ4v) is 4.21. The molecule has 2 aromatic carbocycles. The predicted octanol–water partition coefficient (Wildman–Crippen LogP) is 5.43. The molecule has 0 aromatic heterocycles. The van der Waals surface area contributed by atoms with Crippen LogP contribution in [0.2, 0.25) is 5.02 Å². The van der Waals surface area contributed by atoms with Crippen LogP contribution in [-0.4, -0.2) is 34.6 Å². The van der Waals surface area contributed by atoms with Gasteiger partial charge in [-0.05, 0) is 43.0 Å². The van der Waals surface area contributed by atoms with Crippen LogP contribution in [0, 0.1) is 5.82 Å². The molecule has 2 amide bonds. The van der Waals surface area contributed by atoms with Crippen LogP contribution in [0.15, 0.2) is 48.5 Å². The molecule has 168 valence electrons. The standard InChI is InChI=1S/C24H30ClFN2O2S/c1-4-17(3)27-24(30)22(5-2)28(14-18-10-6-8-12-20(18)25)23(29)16-31-15-19-11-7-9-13-21(19)26/h6-13,17,22H,4-5,14-16H2,1-3H3,(H,27,30). The molecule has 0 bridgehead atoms. The summed E-state index contributed by atoms with van der Waals surface area (Å²) in [5.74, 6) is -0.0985. The normalized spacial score (nSPS) is 12.8. The average molecular weight is 465 g/mol. The average Bonchev–Trinajstić information content (AvgIpc) is 2.76. The number of hydrogen-bond acceptors (Lipinski definition) is 3. The van der Waals surface area contributed by atoms with Crippen LogP contribution in [0.4, 0.5) is 4.39 Å². The third-order valence-corrected chi connectivity index (χ3v) is 6.46. The summed E-state index contributed by atoms with van der Waals surface area (Å²) in [5, 5.41) is 3.54. The molecule has 0 saturated carbocycles. The Bertz CT molecular complexity index is 880. The van der Waals surface area contributed by atoms with Gasteiger partial charge in [-0.15, -0.1) is 11.8 Å². The Morgan fingerprint density at radius 3 is 2.32 bits per heavy atom. The zero-order valence-corrected chi connectivity index (χ0v) is 19.8. The van der Waals surface area contributed by atoms with Gasteiger partial charge in [0.25, 0.3) is 0 Å². The van der Waals surface area contributed by atoms with E-state index in [9.17, 15) is 14.0 Å². The summed E-state index contributed by atoms with van der Waals surface area (Å²) in [4.78, 5) is 27.7. The van der Waals surface area contributed by atoms with Crippen molar-refractivity contribution in [1.29, 1.82) is 0 Å². The monoisotopic (exact) mass is 464 g/mol. The SMILES string of the molecule is CCC(C)NC(=O)C(CC)N(Cc1ccccc1Cl)C(=O)CSCc1ccccc1F. The lowest BCUT2D eigenvalue weighted by molar-refractivity contribution is -0.139. The maximum atomic E-state index is 13.9. The Kier molecular flexibility index (Phi) is 10.3. The second-order valence-corrected chi connectivity index (χ2v) is 8.83. The first-order valence-electron chi connectivity index (χ1n) is 10.5. The van der Waals surface area contributed by atoms with Gasteiger partial charge in [0, 0.05) is 23.4 Å². The quantitative estimate of drug-likeness (QED) is 0.482. The molecule has 0 aliphatic carbocycles. The Hall–Kier alpha value is -2.05. The summed E-state index contributed by atoms with van der Waals surface area (Å²) in [6.07, 6.45) is 1.29. The number of hydrogen-bond donors (Lipinski definition) is 1. The van der Waals surface area contributed by atoms with Crippen molar-refractivity contribution in [2.24, 2.45) is 0 Å². The van der Waals surface area contributed by atoms with Gasteiger partial charge in [0.05, 0.1) is 5.75 Å². The van der Waals surface area contributed by atoms with E-state index in [1.807, 2.05) is 39.0 Å². The molecule has 0 aliphatic heterocycles. The molecular weight excluding hydrogens is 435 g/mol. The van der Waals surface area contributed by atoms with Crippen molar-refractivity contribution in [1.82, 2.24) is 10.2 Å². The van der Waals surface area contributed by atoms with E-state index in [1.54, 1.807) is 29.2 Å². The minimum atomic E-state index is -0.605. The highest BCUT2D eigenvalue weighted by molar-refractivity contribution is 7.99. The highest BCUT2D eigenvalue weighted by Crippen LogP contribution is 2.22. The second-order valence-electron chi connectivity index (χ2n) is 7.44. The Balaban J connectivity index is 2.16. The van der Waals surface area contributed by atoms with Gasteiger partial charge in [-0.25, -0.2) is 4.39 Å². The van der Waals surface area contributed by atoms with E-state index >= 15 is 0 Å². The lowest BCUT2D eigenvalue weighted by atomic mass is 10.1. The van der Waals surface area contributed by atoms with E-state index in [2.05, 4.69) is 5.32 Å². The van der Waals surface area contributed by atoms with Gasteiger partial charge in [-0.1, -0.05) is 61.8 Å². The van der Waals surface area contributed by atoms with Gasteiger partial charge in [0.15, 0.2) is 0 Å². The summed E-state index contributed by atoms with van der Waals surface area (Å²) in [6.45, 7) is 6.07. The molecule has 0 aliphatic rings. The van der Waals surface area contributed by atoms with E-state index in [0.29, 0.717) is 22.8 Å². The third kappa shape index (κ3) is 7.54.